The minimum atomic E-state index is -0.852. The molecule has 1 aromatic rings. The van der Waals surface area contributed by atoms with E-state index in [-0.39, 0.29) is 17.9 Å². The zero-order valence-electron chi connectivity index (χ0n) is 12.3. The first-order valence-corrected chi connectivity index (χ1v) is 7.41. The van der Waals surface area contributed by atoms with Gasteiger partial charge in [0.25, 0.3) is 0 Å². The van der Waals surface area contributed by atoms with Gasteiger partial charge in [0.1, 0.15) is 5.41 Å². The van der Waals surface area contributed by atoms with Crippen LogP contribution in [-0.4, -0.2) is 24.4 Å². The molecular formula is C17H20N2O2. The molecule has 0 spiro atoms. The Labute approximate surface area is 124 Å². The molecule has 4 nitrogen and oxygen atoms in total. The first-order valence-electron chi connectivity index (χ1n) is 7.41. The first-order chi connectivity index (χ1) is 10.1. The van der Waals surface area contributed by atoms with Gasteiger partial charge in [0.2, 0.25) is 11.8 Å². The standard InChI is InChI=1S/C17H20N2O2/c1-3-10-18-15(20)17(8-9-17)16(21)19-12(2)11-13-6-4-5-7-14(13)19/h3-7,12H,1,8-11H2,2H3,(H,18,20). The van der Waals surface area contributed by atoms with Crippen LogP contribution >= 0.6 is 0 Å². The lowest BCUT2D eigenvalue weighted by atomic mass is 10.0. The molecule has 1 N–H and O–H groups in total. The molecule has 1 saturated carbocycles. The summed E-state index contributed by atoms with van der Waals surface area (Å²) in [7, 11) is 0. The average molecular weight is 284 g/mol. The molecule has 1 aliphatic heterocycles. The lowest BCUT2D eigenvalue weighted by molar-refractivity contribution is -0.135. The number of amides is 2. The van der Waals surface area contributed by atoms with E-state index in [0.29, 0.717) is 19.4 Å². The molecule has 0 bridgehead atoms. The summed E-state index contributed by atoms with van der Waals surface area (Å²) in [5, 5.41) is 2.77. The van der Waals surface area contributed by atoms with Crippen molar-refractivity contribution in [3.8, 4) is 0 Å². The van der Waals surface area contributed by atoms with E-state index in [4.69, 9.17) is 0 Å². The van der Waals surface area contributed by atoms with E-state index in [0.717, 1.165) is 12.1 Å². The van der Waals surface area contributed by atoms with Crippen LogP contribution in [0, 0.1) is 5.41 Å². The SMILES string of the molecule is C=CCNC(=O)C1(C(=O)N2c3ccccc3CC2C)CC1. The largest absolute Gasteiger partial charge is 0.352 e. The molecule has 1 atom stereocenters. The molecule has 4 heteroatoms. The monoisotopic (exact) mass is 284 g/mol. The Morgan fingerprint density at radius 3 is 2.81 bits per heavy atom. The number of carbonyl (C=O) groups is 2. The van der Waals surface area contributed by atoms with Crippen LogP contribution in [0.4, 0.5) is 5.69 Å². The average Bonchev–Trinajstić information content (AvgIpc) is 3.22. The molecule has 1 aliphatic carbocycles. The van der Waals surface area contributed by atoms with Crippen LogP contribution in [0.2, 0.25) is 0 Å². The predicted molar refractivity (Wildman–Crippen MR) is 82.0 cm³/mol. The van der Waals surface area contributed by atoms with Gasteiger partial charge in [0.15, 0.2) is 0 Å². The number of anilines is 1. The maximum Gasteiger partial charge on any atom is 0.242 e. The van der Waals surface area contributed by atoms with Crippen molar-refractivity contribution in [2.45, 2.75) is 32.2 Å². The summed E-state index contributed by atoms with van der Waals surface area (Å²) in [6.07, 6.45) is 3.76. The Morgan fingerprint density at radius 2 is 2.14 bits per heavy atom. The minimum absolute atomic E-state index is 0.0542. The van der Waals surface area contributed by atoms with Gasteiger partial charge in [0.05, 0.1) is 0 Å². The summed E-state index contributed by atoms with van der Waals surface area (Å²) >= 11 is 0. The molecule has 0 saturated heterocycles. The minimum Gasteiger partial charge on any atom is -0.352 e. The fourth-order valence-electron chi connectivity index (χ4n) is 3.10. The number of benzene rings is 1. The Bertz CT molecular complexity index is 605. The fraction of sp³-hybridized carbons (Fsp3) is 0.412. The Hall–Kier alpha value is -2.10. The van der Waals surface area contributed by atoms with Crippen LogP contribution in [0.25, 0.3) is 0 Å². The number of para-hydroxylation sites is 1. The quantitative estimate of drug-likeness (QED) is 0.679. The molecule has 1 heterocycles. The molecule has 0 aromatic heterocycles. The van der Waals surface area contributed by atoms with Gasteiger partial charge in [0, 0.05) is 18.3 Å². The molecule has 21 heavy (non-hydrogen) atoms. The van der Waals surface area contributed by atoms with Crippen molar-refractivity contribution < 1.29 is 9.59 Å². The summed E-state index contributed by atoms with van der Waals surface area (Å²) in [5.41, 5.74) is 1.28. The number of rotatable bonds is 4. The highest BCUT2D eigenvalue weighted by Crippen LogP contribution is 2.49. The van der Waals surface area contributed by atoms with Gasteiger partial charge in [-0.2, -0.15) is 0 Å². The number of hydrogen-bond donors (Lipinski definition) is 1. The van der Waals surface area contributed by atoms with E-state index in [2.05, 4.69) is 18.0 Å². The maximum atomic E-state index is 12.9. The molecule has 2 aliphatic rings. The van der Waals surface area contributed by atoms with Crippen LogP contribution in [-0.2, 0) is 16.0 Å². The molecule has 1 fully saturated rings. The highest BCUT2D eigenvalue weighted by molar-refractivity contribution is 6.15. The maximum absolute atomic E-state index is 12.9. The highest BCUT2D eigenvalue weighted by atomic mass is 16.2. The van der Waals surface area contributed by atoms with E-state index in [1.165, 1.54) is 5.56 Å². The number of hydrogen-bond acceptors (Lipinski definition) is 2. The van der Waals surface area contributed by atoms with Crippen molar-refractivity contribution in [1.82, 2.24) is 5.32 Å². The fourth-order valence-corrected chi connectivity index (χ4v) is 3.10. The van der Waals surface area contributed by atoms with Gasteiger partial charge in [-0.05, 0) is 37.8 Å². The van der Waals surface area contributed by atoms with Crippen molar-refractivity contribution >= 4 is 17.5 Å². The third-order valence-electron chi connectivity index (χ3n) is 4.43. The molecule has 0 radical (unpaired) electrons. The van der Waals surface area contributed by atoms with Crippen molar-refractivity contribution in [2.75, 3.05) is 11.4 Å². The Balaban J connectivity index is 1.86. The summed E-state index contributed by atoms with van der Waals surface area (Å²) in [6, 6.07) is 8.06. The summed E-state index contributed by atoms with van der Waals surface area (Å²) in [4.78, 5) is 27.1. The molecule has 1 unspecified atom stereocenters. The van der Waals surface area contributed by atoms with Gasteiger partial charge >= 0.3 is 0 Å². The Kier molecular flexibility index (Phi) is 3.32. The molecule has 2 amide bonds. The summed E-state index contributed by atoms with van der Waals surface area (Å²) in [5.74, 6) is -0.217. The van der Waals surface area contributed by atoms with Crippen molar-refractivity contribution in [3.63, 3.8) is 0 Å². The van der Waals surface area contributed by atoms with Gasteiger partial charge in [-0.1, -0.05) is 24.3 Å². The second-order valence-corrected chi connectivity index (χ2v) is 5.94. The topological polar surface area (TPSA) is 49.4 Å². The first kappa shape index (κ1) is 13.9. The number of carbonyl (C=O) groups excluding carboxylic acids is 2. The van der Waals surface area contributed by atoms with Crippen molar-refractivity contribution in [3.05, 3.63) is 42.5 Å². The number of nitrogens with zero attached hydrogens (tertiary/aromatic N) is 1. The van der Waals surface area contributed by atoms with Crippen LogP contribution in [0.15, 0.2) is 36.9 Å². The third-order valence-corrected chi connectivity index (χ3v) is 4.43. The number of nitrogens with one attached hydrogen (secondary N) is 1. The van der Waals surface area contributed by atoms with Crippen LogP contribution in [0.3, 0.4) is 0 Å². The normalized spacial score (nSPS) is 21.6. The zero-order valence-corrected chi connectivity index (χ0v) is 12.3. The smallest absolute Gasteiger partial charge is 0.242 e. The highest BCUT2D eigenvalue weighted by Gasteiger charge is 2.59. The molecule has 110 valence electrons. The molecule has 1 aromatic carbocycles. The van der Waals surface area contributed by atoms with Crippen LogP contribution in [0.5, 0.6) is 0 Å². The molecule has 3 rings (SSSR count). The summed E-state index contributed by atoms with van der Waals surface area (Å²) in [6.45, 7) is 6.03. The van der Waals surface area contributed by atoms with E-state index in [1.807, 2.05) is 30.0 Å². The number of fused-ring (bicyclic) bond motifs is 1. The van der Waals surface area contributed by atoms with Crippen LogP contribution < -0.4 is 10.2 Å². The van der Waals surface area contributed by atoms with Gasteiger partial charge < -0.3 is 10.2 Å². The van der Waals surface area contributed by atoms with Gasteiger partial charge in [-0.3, -0.25) is 9.59 Å². The van der Waals surface area contributed by atoms with Gasteiger partial charge in [-0.25, -0.2) is 0 Å². The lowest BCUT2D eigenvalue weighted by Crippen LogP contribution is -2.47. The second kappa shape index (κ2) is 5.02. The third kappa shape index (κ3) is 2.15. The predicted octanol–water partition coefficient (Wildman–Crippen LogP) is 2.05. The Morgan fingerprint density at radius 1 is 1.43 bits per heavy atom. The van der Waals surface area contributed by atoms with Gasteiger partial charge in [-0.15, -0.1) is 6.58 Å². The molecular weight excluding hydrogens is 264 g/mol. The lowest BCUT2D eigenvalue weighted by Gasteiger charge is -2.27. The summed E-state index contributed by atoms with van der Waals surface area (Å²) < 4.78 is 0. The second-order valence-electron chi connectivity index (χ2n) is 5.94. The van der Waals surface area contributed by atoms with Crippen LogP contribution in [0.1, 0.15) is 25.3 Å². The van der Waals surface area contributed by atoms with E-state index in [1.54, 1.807) is 6.08 Å². The van der Waals surface area contributed by atoms with E-state index in [9.17, 15) is 9.59 Å². The van der Waals surface area contributed by atoms with E-state index < -0.39 is 5.41 Å². The van der Waals surface area contributed by atoms with E-state index >= 15 is 0 Å². The van der Waals surface area contributed by atoms with Crippen molar-refractivity contribution in [2.24, 2.45) is 5.41 Å². The van der Waals surface area contributed by atoms with Crippen molar-refractivity contribution in [1.29, 1.82) is 0 Å². The zero-order chi connectivity index (χ0) is 15.0.